The van der Waals surface area contributed by atoms with Crippen molar-refractivity contribution in [1.82, 2.24) is 4.98 Å². The van der Waals surface area contributed by atoms with Crippen LogP contribution in [-0.2, 0) is 0 Å². The summed E-state index contributed by atoms with van der Waals surface area (Å²) in [5, 5.41) is 0. The number of aromatic nitrogens is 1. The number of ether oxygens (including phenoxy) is 1. The summed E-state index contributed by atoms with van der Waals surface area (Å²) in [5.41, 5.74) is 10.5. The van der Waals surface area contributed by atoms with E-state index in [0.717, 1.165) is 0 Å². The lowest BCUT2D eigenvalue weighted by Crippen LogP contribution is -2.24. The molecule has 0 radical (unpaired) electrons. The second-order valence-electron chi connectivity index (χ2n) is 4.11. The summed E-state index contributed by atoms with van der Waals surface area (Å²) in [6, 6.07) is 3.87. The van der Waals surface area contributed by atoms with Crippen LogP contribution in [0.4, 0.5) is 4.39 Å². The minimum atomic E-state index is -0.738. The molecule has 0 fully saturated rings. The van der Waals surface area contributed by atoms with E-state index in [-0.39, 0.29) is 28.9 Å². The van der Waals surface area contributed by atoms with Gasteiger partial charge in [-0.25, -0.2) is 9.37 Å². The monoisotopic (exact) mass is 292 g/mol. The SMILES string of the molecule is COc1ccc(F)cc1-c1nc(C(=O)N=C(N)N)c(C)o1. The van der Waals surface area contributed by atoms with Crippen molar-refractivity contribution in [2.45, 2.75) is 6.92 Å². The van der Waals surface area contributed by atoms with Crippen molar-refractivity contribution >= 4 is 11.9 Å². The number of hydrogen-bond donors (Lipinski definition) is 2. The first-order valence-electron chi connectivity index (χ1n) is 5.87. The van der Waals surface area contributed by atoms with Gasteiger partial charge in [-0.2, -0.15) is 4.99 Å². The number of oxazole rings is 1. The number of guanidine groups is 1. The van der Waals surface area contributed by atoms with Crippen LogP contribution >= 0.6 is 0 Å². The van der Waals surface area contributed by atoms with Crippen molar-refractivity contribution in [2.75, 3.05) is 7.11 Å². The number of halogens is 1. The Labute approximate surface area is 119 Å². The Morgan fingerprint density at radius 1 is 1.43 bits per heavy atom. The van der Waals surface area contributed by atoms with Gasteiger partial charge in [0.2, 0.25) is 5.89 Å². The third kappa shape index (κ3) is 2.99. The largest absolute Gasteiger partial charge is 0.496 e. The molecular formula is C13H13FN4O3. The molecule has 1 amide bonds. The number of benzene rings is 1. The minimum Gasteiger partial charge on any atom is -0.496 e. The van der Waals surface area contributed by atoms with Crippen molar-refractivity contribution in [3.63, 3.8) is 0 Å². The summed E-state index contributed by atoms with van der Waals surface area (Å²) in [6.07, 6.45) is 0. The van der Waals surface area contributed by atoms with Crippen LogP contribution in [0, 0.1) is 12.7 Å². The number of nitrogens with two attached hydrogens (primary N) is 2. The molecule has 4 N–H and O–H groups in total. The summed E-state index contributed by atoms with van der Waals surface area (Å²) in [6.45, 7) is 1.53. The molecule has 1 aromatic heterocycles. The fourth-order valence-electron chi connectivity index (χ4n) is 1.73. The lowest BCUT2D eigenvalue weighted by molar-refractivity contribution is 0.0997. The van der Waals surface area contributed by atoms with Crippen molar-refractivity contribution in [3.8, 4) is 17.2 Å². The Morgan fingerprint density at radius 2 is 2.14 bits per heavy atom. The fraction of sp³-hybridized carbons (Fsp3) is 0.154. The number of nitrogens with zero attached hydrogens (tertiary/aromatic N) is 2. The van der Waals surface area contributed by atoms with Gasteiger partial charge in [0.25, 0.3) is 0 Å². The molecule has 0 saturated heterocycles. The van der Waals surface area contributed by atoms with Gasteiger partial charge in [0.05, 0.1) is 12.7 Å². The van der Waals surface area contributed by atoms with Crippen LogP contribution in [0.1, 0.15) is 16.2 Å². The van der Waals surface area contributed by atoms with E-state index in [0.29, 0.717) is 5.75 Å². The molecule has 1 aromatic carbocycles. The number of amides is 1. The topological polar surface area (TPSA) is 117 Å². The smallest absolute Gasteiger partial charge is 0.302 e. The molecule has 0 atom stereocenters. The minimum absolute atomic E-state index is 0.0398. The van der Waals surface area contributed by atoms with Crippen molar-refractivity contribution in [3.05, 3.63) is 35.5 Å². The highest BCUT2D eigenvalue weighted by atomic mass is 19.1. The predicted octanol–water partition coefficient (Wildman–Crippen LogP) is 1.21. The molecule has 110 valence electrons. The van der Waals surface area contributed by atoms with Gasteiger partial charge in [0.1, 0.15) is 17.3 Å². The molecule has 21 heavy (non-hydrogen) atoms. The average molecular weight is 292 g/mol. The van der Waals surface area contributed by atoms with E-state index in [1.165, 1.54) is 32.2 Å². The predicted molar refractivity (Wildman–Crippen MR) is 73.3 cm³/mol. The van der Waals surface area contributed by atoms with Gasteiger partial charge in [0.15, 0.2) is 11.7 Å². The Bertz CT molecular complexity index is 720. The Hall–Kier alpha value is -2.90. The van der Waals surface area contributed by atoms with E-state index in [1.807, 2.05) is 0 Å². The third-order valence-electron chi connectivity index (χ3n) is 2.62. The van der Waals surface area contributed by atoms with Crippen molar-refractivity contribution in [2.24, 2.45) is 16.5 Å². The van der Waals surface area contributed by atoms with Crippen LogP contribution in [0.15, 0.2) is 27.6 Å². The van der Waals surface area contributed by atoms with Gasteiger partial charge >= 0.3 is 5.91 Å². The van der Waals surface area contributed by atoms with Crippen molar-refractivity contribution in [1.29, 1.82) is 0 Å². The molecule has 0 aliphatic rings. The van der Waals surface area contributed by atoms with E-state index < -0.39 is 11.7 Å². The quantitative estimate of drug-likeness (QED) is 0.648. The molecule has 1 heterocycles. The second-order valence-corrected chi connectivity index (χ2v) is 4.11. The molecule has 0 aliphatic heterocycles. The molecule has 2 aromatic rings. The molecular weight excluding hydrogens is 279 g/mol. The Kier molecular flexibility index (Phi) is 3.88. The molecule has 0 saturated carbocycles. The first kappa shape index (κ1) is 14.5. The maximum Gasteiger partial charge on any atom is 0.302 e. The zero-order valence-corrected chi connectivity index (χ0v) is 11.4. The highest BCUT2D eigenvalue weighted by molar-refractivity contribution is 6.01. The summed E-state index contributed by atoms with van der Waals surface area (Å²) < 4.78 is 23.8. The summed E-state index contributed by atoms with van der Waals surface area (Å²) in [7, 11) is 1.43. The number of carbonyl (C=O) groups excluding carboxylic acids is 1. The van der Waals surface area contributed by atoms with Gasteiger partial charge < -0.3 is 20.6 Å². The van der Waals surface area contributed by atoms with Gasteiger partial charge in [-0.1, -0.05) is 0 Å². The van der Waals surface area contributed by atoms with Gasteiger partial charge in [-0.3, -0.25) is 4.79 Å². The van der Waals surface area contributed by atoms with Crippen molar-refractivity contribution < 1.29 is 18.3 Å². The summed E-state index contributed by atoms with van der Waals surface area (Å²) >= 11 is 0. The third-order valence-corrected chi connectivity index (χ3v) is 2.62. The lowest BCUT2D eigenvalue weighted by atomic mass is 10.2. The van der Waals surface area contributed by atoms with Crippen LogP contribution < -0.4 is 16.2 Å². The van der Waals surface area contributed by atoms with Crippen LogP contribution in [0.25, 0.3) is 11.5 Å². The standard InChI is InChI=1S/C13H13FN4O3/c1-6-10(11(19)18-13(15)16)17-12(21-6)8-5-7(14)3-4-9(8)20-2/h3-5H,1-2H3,(H4,15,16,18,19). The van der Waals surface area contributed by atoms with E-state index in [2.05, 4.69) is 9.98 Å². The maximum atomic E-state index is 13.4. The summed E-state index contributed by atoms with van der Waals surface area (Å²) in [5.74, 6) is -0.994. The average Bonchev–Trinajstić information content (AvgIpc) is 2.80. The number of hydrogen-bond acceptors (Lipinski definition) is 4. The zero-order chi connectivity index (χ0) is 15.6. The molecule has 2 rings (SSSR count). The molecule has 0 unspecified atom stereocenters. The lowest BCUT2D eigenvalue weighted by Gasteiger charge is -2.04. The van der Waals surface area contributed by atoms with Gasteiger partial charge in [0, 0.05) is 0 Å². The molecule has 7 nitrogen and oxygen atoms in total. The van der Waals surface area contributed by atoms with Crippen LogP contribution in [0.5, 0.6) is 5.75 Å². The summed E-state index contributed by atoms with van der Waals surface area (Å²) in [4.78, 5) is 19.1. The van der Waals surface area contributed by atoms with Crippen LogP contribution in [0.2, 0.25) is 0 Å². The number of methoxy groups -OCH3 is 1. The molecule has 0 bridgehead atoms. The van der Waals surface area contributed by atoms with Gasteiger partial charge in [-0.05, 0) is 25.1 Å². The van der Waals surface area contributed by atoms with E-state index in [4.69, 9.17) is 20.6 Å². The van der Waals surface area contributed by atoms with Crippen LogP contribution in [-0.4, -0.2) is 24.0 Å². The zero-order valence-electron chi connectivity index (χ0n) is 11.4. The van der Waals surface area contributed by atoms with Gasteiger partial charge in [-0.15, -0.1) is 0 Å². The maximum absolute atomic E-state index is 13.4. The van der Waals surface area contributed by atoms with Crippen LogP contribution in [0.3, 0.4) is 0 Å². The molecule has 0 aliphatic carbocycles. The highest BCUT2D eigenvalue weighted by Crippen LogP contribution is 2.31. The van der Waals surface area contributed by atoms with E-state index >= 15 is 0 Å². The fourth-order valence-corrected chi connectivity index (χ4v) is 1.73. The Balaban J connectivity index is 2.50. The van der Waals surface area contributed by atoms with E-state index in [1.54, 1.807) is 0 Å². The van der Waals surface area contributed by atoms with E-state index in [9.17, 15) is 9.18 Å². The Morgan fingerprint density at radius 3 is 2.76 bits per heavy atom. The molecule has 8 heteroatoms. The number of aryl methyl sites for hydroxylation is 1. The molecule has 0 spiro atoms. The number of aliphatic imine (C=N–C) groups is 1. The first-order valence-corrected chi connectivity index (χ1v) is 5.87. The number of rotatable bonds is 3. The second kappa shape index (κ2) is 5.61. The first-order chi connectivity index (χ1) is 9.92. The number of carbonyl (C=O) groups is 1. The normalized spacial score (nSPS) is 10.2. The highest BCUT2D eigenvalue weighted by Gasteiger charge is 2.20.